The van der Waals surface area contributed by atoms with Crippen LogP contribution in [0.1, 0.15) is 17.9 Å². The minimum atomic E-state index is -0.402. The number of benzene rings is 2. The lowest BCUT2D eigenvalue weighted by Gasteiger charge is -2.32. The molecule has 22 heavy (non-hydrogen) atoms. The molecule has 2 atom stereocenters. The summed E-state index contributed by atoms with van der Waals surface area (Å²) in [7, 11) is 0. The summed E-state index contributed by atoms with van der Waals surface area (Å²) in [5, 5.41) is 14.1. The fraction of sp³-hybridized carbons (Fsp3) is 0.294. The number of ether oxygens (including phenoxy) is 1. The topological polar surface area (TPSA) is 64.4 Å². The molecule has 1 fully saturated rings. The second-order valence-corrected chi connectivity index (χ2v) is 5.42. The van der Waals surface area contributed by atoms with Crippen LogP contribution in [0.4, 0.5) is 5.69 Å². The number of piperidine rings is 1. The van der Waals surface area contributed by atoms with Gasteiger partial charge in [0.05, 0.1) is 4.92 Å². The first-order valence-electron chi connectivity index (χ1n) is 7.41. The summed E-state index contributed by atoms with van der Waals surface area (Å²) in [5.41, 5.74) is 1.33. The minimum Gasteiger partial charge on any atom is -0.490 e. The van der Waals surface area contributed by atoms with E-state index >= 15 is 0 Å². The van der Waals surface area contributed by atoms with Crippen LogP contribution in [0.25, 0.3) is 0 Å². The van der Waals surface area contributed by atoms with Crippen molar-refractivity contribution in [1.29, 1.82) is 0 Å². The van der Waals surface area contributed by atoms with Gasteiger partial charge in [-0.2, -0.15) is 0 Å². The van der Waals surface area contributed by atoms with Gasteiger partial charge in [0.2, 0.25) is 0 Å². The average molecular weight is 298 g/mol. The number of nitro benzene ring substituents is 1. The van der Waals surface area contributed by atoms with Gasteiger partial charge in [0.15, 0.2) is 0 Å². The van der Waals surface area contributed by atoms with E-state index in [1.54, 1.807) is 12.1 Å². The second kappa shape index (κ2) is 6.58. The number of nitrogens with zero attached hydrogens (tertiary/aromatic N) is 1. The van der Waals surface area contributed by atoms with Gasteiger partial charge < -0.3 is 10.1 Å². The van der Waals surface area contributed by atoms with E-state index in [1.165, 1.54) is 17.7 Å². The fourth-order valence-corrected chi connectivity index (χ4v) is 2.83. The van der Waals surface area contributed by atoms with Crippen LogP contribution in [0.3, 0.4) is 0 Å². The van der Waals surface area contributed by atoms with Gasteiger partial charge in [-0.05, 0) is 30.7 Å². The van der Waals surface area contributed by atoms with Crippen molar-refractivity contribution in [2.45, 2.75) is 18.4 Å². The standard InChI is InChI=1S/C17H18N2O3/c20-19(21)14-6-8-15(9-7-14)22-17-10-11-18-12-16(17)13-4-2-1-3-5-13/h1-9,16-18H,10-12H2/t16-,17-/m0/s1. The summed E-state index contributed by atoms with van der Waals surface area (Å²) in [6, 6.07) is 16.6. The highest BCUT2D eigenvalue weighted by atomic mass is 16.6. The lowest BCUT2D eigenvalue weighted by atomic mass is 9.89. The van der Waals surface area contributed by atoms with Crippen LogP contribution in [0.5, 0.6) is 5.75 Å². The highest BCUT2D eigenvalue weighted by molar-refractivity contribution is 5.36. The lowest BCUT2D eigenvalue weighted by Crippen LogP contribution is -2.41. The van der Waals surface area contributed by atoms with E-state index < -0.39 is 4.92 Å². The zero-order chi connectivity index (χ0) is 15.4. The molecular formula is C17H18N2O3. The SMILES string of the molecule is O=[N+]([O-])c1ccc(O[C@H]2CCNC[C@H]2c2ccccc2)cc1. The minimum absolute atomic E-state index is 0.0742. The monoisotopic (exact) mass is 298 g/mol. The number of hydrogen-bond acceptors (Lipinski definition) is 4. The van der Waals surface area contributed by atoms with Crippen molar-refractivity contribution < 1.29 is 9.66 Å². The molecule has 1 N–H and O–H groups in total. The molecule has 2 aromatic rings. The first-order valence-corrected chi connectivity index (χ1v) is 7.41. The average Bonchev–Trinajstić information content (AvgIpc) is 2.57. The maximum absolute atomic E-state index is 10.7. The molecule has 0 saturated carbocycles. The first kappa shape index (κ1) is 14.5. The number of non-ortho nitro benzene ring substituents is 1. The Kier molecular flexibility index (Phi) is 4.34. The van der Waals surface area contributed by atoms with Crippen LogP contribution >= 0.6 is 0 Å². The van der Waals surface area contributed by atoms with E-state index in [0.717, 1.165) is 19.5 Å². The van der Waals surface area contributed by atoms with Gasteiger partial charge in [-0.1, -0.05) is 30.3 Å². The zero-order valence-electron chi connectivity index (χ0n) is 12.1. The molecule has 1 aliphatic heterocycles. The van der Waals surface area contributed by atoms with Gasteiger partial charge in [-0.3, -0.25) is 10.1 Å². The molecule has 5 nitrogen and oxygen atoms in total. The van der Waals surface area contributed by atoms with E-state index in [0.29, 0.717) is 5.75 Å². The van der Waals surface area contributed by atoms with Gasteiger partial charge >= 0.3 is 0 Å². The van der Waals surface area contributed by atoms with Gasteiger partial charge in [0.1, 0.15) is 11.9 Å². The van der Waals surface area contributed by atoms with E-state index in [-0.39, 0.29) is 17.7 Å². The van der Waals surface area contributed by atoms with Crippen molar-refractivity contribution in [2.75, 3.05) is 13.1 Å². The van der Waals surface area contributed by atoms with Gasteiger partial charge in [0.25, 0.3) is 5.69 Å². The smallest absolute Gasteiger partial charge is 0.269 e. The van der Waals surface area contributed by atoms with E-state index in [1.807, 2.05) is 18.2 Å². The summed E-state index contributed by atoms with van der Waals surface area (Å²) < 4.78 is 6.09. The molecule has 0 unspecified atom stereocenters. The summed E-state index contributed by atoms with van der Waals surface area (Å²) in [6.45, 7) is 1.79. The highest BCUT2D eigenvalue weighted by Crippen LogP contribution is 2.28. The number of nitrogens with one attached hydrogen (secondary N) is 1. The Morgan fingerprint density at radius 2 is 1.82 bits per heavy atom. The Morgan fingerprint density at radius 1 is 1.09 bits per heavy atom. The van der Waals surface area contributed by atoms with Gasteiger partial charge in [0, 0.05) is 24.6 Å². The first-order chi connectivity index (χ1) is 10.7. The maximum Gasteiger partial charge on any atom is 0.269 e. The fourth-order valence-electron chi connectivity index (χ4n) is 2.83. The van der Waals surface area contributed by atoms with Crippen molar-refractivity contribution in [3.63, 3.8) is 0 Å². The van der Waals surface area contributed by atoms with Crippen molar-refractivity contribution in [3.05, 3.63) is 70.3 Å². The van der Waals surface area contributed by atoms with Crippen LogP contribution < -0.4 is 10.1 Å². The number of rotatable bonds is 4. The van der Waals surface area contributed by atoms with Crippen molar-refractivity contribution in [2.24, 2.45) is 0 Å². The Hall–Kier alpha value is -2.40. The molecule has 0 aromatic heterocycles. The van der Waals surface area contributed by atoms with Gasteiger partial charge in [-0.25, -0.2) is 0 Å². The van der Waals surface area contributed by atoms with Crippen LogP contribution in [0.2, 0.25) is 0 Å². The molecule has 1 aliphatic rings. The molecule has 1 saturated heterocycles. The third-order valence-electron chi connectivity index (χ3n) is 3.98. The Bertz CT molecular complexity index is 628. The zero-order valence-corrected chi connectivity index (χ0v) is 12.1. The summed E-state index contributed by atoms with van der Waals surface area (Å²) in [6.07, 6.45) is 0.987. The van der Waals surface area contributed by atoms with E-state index in [9.17, 15) is 10.1 Å². The Labute approximate surface area is 129 Å². The highest BCUT2D eigenvalue weighted by Gasteiger charge is 2.28. The van der Waals surface area contributed by atoms with Crippen LogP contribution in [-0.4, -0.2) is 24.1 Å². The van der Waals surface area contributed by atoms with Crippen LogP contribution in [0, 0.1) is 10.1 Å². The predicted molar refractivity (Wildman–Crippen MR) is 84.2 cm³/mol. The Morgan fingerprint density at radius 3 is 2.50 bits per heavy atom. The normalized spacial score (nSPS) is 21.3. The van der Waals surface area contributed by atoms with Crippen LogP contribution in [0.15, 0.2) is 54.6 Å². The van der Waals surface area contributed by atoms with E-state index in [2.05, 4.69) is 17.4 Å². The Balaban J connectivity index is 1.75. The molecule has 0 amide bonds. The molecule has 0 aliphatic carbocycles. The lowest BCUT2D eigenvalue weighted by molar-refractivity contribution is -0.384. The number of nitro groups is 1. The van der Waals surface area contributed by atoms with Crippen molar-refractivity contribution in [3.8, 4) is 5.75 Å². The predicted octanol–water partition coefficient (Wildman–Crippen LogP) is 3.12. The summed E-state index contributed by atoms with van der Waals surface area (Å²) >= 11 is 0. The molecule has 2 aromatic carbocycles. The third-order valence-corrected chi connectivity index (χ3v) is 3.98. The maximum atomic E-state index is 10.7. The van der Waals surface area contributed by atoms with Crippen LogP contribution in [-0.2, 0) is 0 Å². The summed E-state index contributed by atoms with van der Waals surface area (Å²) in [5.74, 6) is 0.962. The molecule has 3 rings (SSSR count). The quantitative estimate of drug-likeness (QED) is 0.696. The molecule has 0 bridgehead atoms. The third kappa shape index (κ3) is 3.26. The molecule has 5 heteroatoms. The molecule has 114 valence electrons. The largest absolute Gasteiger partial charge is 0.490 e. The van der Waals surface area contributed by atoms with Gasteiger partial charge in [-0.15, -0.1) is 0 Å². The molecule has 0 spiro atoms. The van der Waals surface area contributed by atoms with Crippen molar-refractivity contribution >= 4 is 5.69 Å². The van der Waals surface area contributed by atoms with E-state index in [4.69, 9.17) is 4.74 Å². The molecule has 1 heterocycles. The number of hydrogen-bond donors (Lipinski definition) is 1. The second-order valence-electron chi connectivity index (χ2n) is 5.42. The molecular weight excluding hydrogens is 280 g/mol. The summed E-state index contributed by atoms with van der Waals surface area (Å²) in [4.78, 5) is 10.3. The van der Waals surface area contributed by atoms with Crippen molar-refractivity contribution in [1.82, 2.24) is 5.32 Å². The molecule has 0 radical (unpaired) electrons.